The fraction of sp³-hybridized carbons (Fsp3) is 0.333. The van der Waals surface area contributed by atoms with Gasteiger partial charge in [-0.3, -0.25) is 4.79 Å². The van der Waals surface area contributed by atoms with Crippen LogP contribution < -0.4 is 19.0 Å². The summed E-state index contributed by atoms with van der Waals surface area (Å²) in [5.41, 5.74) is 1.28. The van der Waals surface area contributed by atoms with E-state index in [1.165, 1.54) is 18.4 Å². The predicted molar refractivity (Wildman–Crippen MR) is 112 cm³/mol. The van der Waals surface area contributed by atoms with Crippen molar-refractivity contribution in [3.8, 4) is 17.2 Å². The van der Waals surface area contributed by atoms with E-state index in [0.717, 1.165) is 16.0 Å². The summed E-state index contributed by atoms with van der Waals surface area (Å²) < 4.78 is 24.5. The summed E-state index contributed by atoms with van der Waals surface area (Å²) in [6.07, 6.45) is 0. The fourth-order valence-corrected chi connectivity index (χ4v) is 4.04. The maximum absolute atomic E-state index is 13.0. The number of carbonyl (C=O) groups is 1. The number of hydrogen-bond donors (Lipinski definition) is 0. The number of thiazole rings is 1. The lowest BCUT2D eigenvalue weighted by atomic mass is 10.2. The standard InChI is InChI=1S/C21H24N2O5S/c1-5-28-16-7-6-8-18-19(16)23(11-12-25-2)21(29-18)22-20(24)15-10-9-14(26-3)13-17(15)27-4/h6-10,13H,5,11-12H2,1-4H3. The lowest BCUT2D eigenvalue weighted by Crippen LogP contribution is -2.20. The first-order valence-corrected chi connectivity index (χ1v) is 9.99. The van der Waals surface area contributed by atoms with E-state index < -0.39 is 0 Å². The van der Waals surface area contributed by atoms with Crippen molar-refractivity contribution in [3.05, 3.63) is 46.8 Å². The molecule has 0 aliphatic heterocycles. The van der Waals surface area contributed by atoms with Gasteiger partial charge in [0, 0.05) is 19.7 Å². The van der Waals surface area contributed by atoms with Gasteiger partial charge in [-0.15, -0.1) is 0 Å². The molecule has 0 aliphatic carbocycles. The average Bonchev–Trinajstić information content (AvgIpc) is 3.09. The second kappa shape index (κ2) is 9.58. The zero-order valence-electron chi connectivity index (χ0n) is 16.9. The van der Waals surface area contributed by atoms with Gasteiger partial charge in [-0.1, -0.05) is 17.4 Å². The molecule has 0 atom stereocenters. The Kier molecular flexibility index (Phi) is 6.90. The van der Waals surface area contributed by atoms with E-state index >= 15 is 0 Å². The number of fused-ring (bicyclic) bond motifs is 1. The minimum atomic E-state index is -0.389. The van der Waals surface area contributed by atoms with Crippen molar-refractivity contribution >= 4 is 27.5 Å². The fourth-order valence-electron chi connectivity index (χ4n) is 2.97. The van der Waals surface area contributed by atoms with Crippen LogP contribution in [0.3, 0.4) is 0 Å². The molecule has 0 fully saturated rings. The third kappa shape index (κ3) is 4.44. The molecular weight excluding hydrogens is 392 g/mol. The lowest BCUT2D eigenvalue weighted by molar-refractivity contribution is 0.0994. The summed E-state index contributed by atoms with van der Waals surface area (Å²) >= 11 is 1.43. The zero-order valence-corrected chi connectivity index (χ0v) is 17.7. The molecule has 29 heavy (non-hydrogen) atoms. The highest BCUT2D eigenvalue weighted by Gasteiger charge is 2.16. The van der Waals surface area contributed by atoms with E-state index in [0.29, 0.717) is 41.6 Å². The molecule has 3 aromatic rings. The van der Waals surface area contributed by atoms with Crippen LogP contribution in [0.25, 0.3) is 10.2 Å². The van der Waals surface area contributed by atoms with Gasteiger partial charge >= 0.3 is 0 Å². The van der Waals surface area contributed by atoms with Crippen molar-refractivity contribution in [2.24, 2.45) is 4.99 Å². The quantitative estimate of drug-likeness (QED) is 0.562. The molecular formula is C21H24N2O5S. The molecule has 2 aromatic carbocycles. The van der Waals surface area contributed by atoms with Crippen molar-refractivity contribution in [1.29, 1.82) is 0 Å². The third-order valence-corrected chi connectivity index (χ3v) is 5.36. The molecule has 1 amide bonds. The Morgan fingerprint density at radius 2 is 1.93 bits per heavy atom. The zero-order chi connectivity index (χ0) is 20.8. The van der Waals surface area contributed by atoms with Crippen LogP contribution in [0, 0.1) is 0 Å². The van der Waals surface area contributed by atoms with Crippen LogP contribution in [0.5, 0.6) is 17.2 Å². The van der Waals surface area contributed by atoms with Gasteiger partial charge < -0.3 is 23.5 Å². The van der Waals surface area contributed by atoms with Crippen LogP contribution in [0.1, 0.15) is 17.3 Å². The Hall–Kier alpha value is -2.84. The van der Waals surface area contributed by atoms with Crippen LogP contribution in [0.4, 0.5) is 0 Å². The number of rotatable bonds is 8. The summed E-state index contributed by atoms with van der Waals surface area (Å²) in [4.78, 5) is 17.9. The molecule has 0 spiro atoms. The number of para-hydroxylation sites is 1. The van der Waals surface area contributed by atoms with E-state index in [1.54, 1.807) is 32.4 Å². The number of aromatic nitrogens is 1. The van der Waals surface area contributed by atoms with Crippen molar-refractivity contribution in [3.63, 3.8) is 0 Å². The van der Waals surface area contributed by atoms with E-state index in [2.05, 4.69) is 4.99 Å². The molecule has 0 saturated heterocycles. The van der Waals surface area contributed by atoms with Gasteiger partial charge in [-0.2, -0.15) is 4.99 Å². The summed E-state index contributed by atoms with van der Waals surface area (Å²) in [7, 11) is 4.72. The van der Waals surface area contributed by atoms with E-state index in [1.807, 2.05) is 29.7 Å². The molecule has 0 saturated carbocycles. The monoisotopic (exact) mass is 416 g/mol. The molecule has 0 unspecified atom stereocenters. The van der Waals surface area contributed by atoms with Gasteiger partial charge in [0.2, 0.25) is 0 Å². The summed E-state index contributed by atoms with van der Waals surface area (Å²) in [5.74, 6) is 1.39. The Balaban J connectivity index is 2.14. The van der Waals surface area contributed by atoms with Gasteiger partial charge in [-0.05, 0) is 31.2 Å². The second-order valence-corrected chi connectivity index (χ2v) is 7.06. The normalized spacial score (nSPS) is 11.7. The number of ether oxygens (including phenoxy) is 4. The van der Waals surface area contributed by atoms with Gasteiger partial charge in [0.15, 0.2) is 4.80 Å². The van der Waals surface area contributed by atoms with Crippen molar-refractivity contribution in [1.82, 2.24) is 4.57 Å². The topological polar surface area (TPSA) is 71.3 Å². The summed E-state index contributed by atoms with van der Waals surface area (Å²) in [5, 5.41) is 0. The predicted octanol–water partition coefficient (Wildman–Crippen LogP) is 3.51. The summed E-state index contributed by atoms with van der Waals surface area (Å²) in [6.45, 7) is 3.52. The molecule has 0 aliphatic rings. The maximum atomic E-state index is 13.0. The van der Waals surface area contributed by atoms with Crippen LogP contribution in [-0.2, 0) is 11.3 Å². The minimum absolute atomic E-state index is 0.370. The van der Waals surface area contributed by atoms with Crippen molar-refractivity contribution < 1.29 is 23.7 Å². The number of hydrogen-bond acceptors (Lipinski definition) is 6. The lowest BCUT2D eigenvalue weighted by Gasteiger charge is -2.09. The Morgan fingerprint density at radius 3 is 2.62 bits per heavy atom. The number of methoxy groups -OCH3 is 3. The molecule has 3 rings (SSSR count). The first-order valence-electron chi connectivity index (χ1n) is 9.18. The highest BCUT2D eigenvalue weighted by Crippen LogP contribution is 2.28. The highest BCUT2D eigenvalue weighted by atomic mass is 32.1. The number of nitrogens with zero attached hydrogens (tertiary/aromatic N) is 2. The van der Waals surface area contributed by atoms with Crippen molar-refractivity contribution in [2.75, 3.05) is 34.5 Å². The Morgan fingerprint density at radius 1 is 1.10 bits per heavy atom. The summed E-state index contributed by atoms with van der Waals surface area (Å²) in [6, 6.07) is 10.9. The van der Waals surface area contributed by atoms with Crippen LogP contribution in [0.15, 0.2) is 41.4 Å². The Bertz CT molecular complexity index is 1070. The van der Waals surface area contributed by atoms with Crippen LogP contribution in [0.2, 0.25) is 0 Å². The van der Waals surface area contributed by atoms with Gasteiger partial charge in [0.05, 0.1) is 37.7 Å². The number of benzene rings is 2. The Labute approximate surface area is 173 Å². The SMILES string of the molecule is CCOc1cccc2sc(=NC(=O)c3ccc(OC)cc3OC)n(CCOC)c12. The molecule has 0 bridgehead atoms. The first-order chi connectivity index (χ1) is 14.1. The molecule has 8 heteroatoms. The van der Waals surface area contributed by atoms with Crippen molar-refractivity contribution in [2.45, 2.75) is 13.5 Å². The van der Waals surface area contributed by atoms with E-state index in [4.69, 9.17) is 18.9 Å². The smallest absolute Gasteiger partial charge is 0.283 e. The molecule has 154 valence electrons. The van der Waals surface area contributed by atoms with Crippen LogP contribution in [-0.4, -0.2) is 45.0 Å². The molecule has 0 N–H and O–H groups in total. The number of amides is 1. The van der Waals surface area contributed by atoms with E-state index in [-0.39, 0.29) is 5.91 Å². The minimum Gasteiger partial charge on any atom is -0.497 e. The van der Waals surface area contributed by atoms with Gasteiger partial charge in [-0.25, -0.2) is 0 Å². The third-order valence-electron chi connectivity index (χ3n) is 4.32. The molecule has 1 heterocycles. The largest absolute Gasteiger partial charge is 0.497 e. The van der Waals surface area contributed by atoms with Gasteiger partial charge in [0.1, 0.15) is 22.8 Å². The molecule has 1 aromatic heterocycles. The number of carbonyl (C=O) groups excluding carboxylic acids is 1. The van der Waals surface area contributed by atoms with Crippen LogP contribution >= 0.6 is 11.3 Å². The maximum Gasteiger partial charge on any atom is 0.283 e. The highest BCUT2D eigenvalue weighted by molar-refractivity contribution is 7.16. The molecule has 0 radical (unpaired) electrons. The first kappa shape index (κ1) is 20.9. The van der Waals surface area contributed by atoms with E-state index in [9.17, 15) is 4.79 Å². The second-order valence-electron chi connectivity index (χ2n) is 6.05. The average molecular weight is 416 g/mol. The van der Waals surface area contributed by atoms with Gasteiger partial charge in [0.25, 0.3) is 5.91 Å². The molecule has 7 nitrogen and oxygen atoms in total.